The van der Waals surface area contributed by atoms with Crippen molar-refractivity contribution in [1.82, 2.24) is 29.4 Å². The molecule has 7 heteroatoms. The summed E-state index contributed by atoms with van der Waals surface area (Å²) in [6.07, 6.45) is 5.70. The van der Waals surface area contributed by atoms with Gasteiger partial charge in [-0.15, -0.1) is 0 Å². The number of aryl methyl sites for hydroxylation is 2. The van der Waals surface area contributed by atoms with Crippen LogP contribution in [0.5, 0.6) is 5.88 Å². The molecule has 0 unspecified atom stereocenters. The average Bonchev–Trinajstić information content (AvgIpc) is 3.16. The van der Waals surface area contributed by atoms with Gasteiger partial charge in [0.15, 0.2) is 0 Å². The number of nitrogens with zero attached hydrogens (tertiary/aromatic N) is 6. The summed E-state index contributed by atoms with van der Waals surface area (Å²) in [5.74, 6) is 0.880. The molecule has 1 fully saturated rings. The van der Waals surface area contributed by atoms with Gasteiger partial charge in [-0.3, -0.25) is 9.58 Å². The minimum absolute atomic E-state index is 0.386. The third-order valence-electron chi connectivity index (χ3n) is 4.19. The van der Waals surface area contributed by atoms with Crippen molar-refractivity contribution in [2.24, 2.45) is 7.05 Å². The van der Waals surface area contributed by atoms with Crippen LogP contribution in [-0.4, -0.2) is 49.6 Å². The van der Waals surface area contributed by atoms with Crippen molar-refractivity contribution >= 4 is 0 Å². The lowest BCUT2D eigenvalue weighted by Crippen LogP contribution is -2.28. The molecule has 0 amide bonds. The first-order chi connectivity index (χ1) is 10.2. The fourth-order valence-electron chi connectivity index (χ4n) is 3.28. The Bertz CT molecular complexity index is 591. The van der Waals surface area contributed by atoms with E-state index in [1.165, 1.54) is 12.0 Å². The van der Waals surface area contributed by atoms with Crippen molar-refractivity contribution in [3.05, 3.63) is 23.9 Å². The molecule has 0 aromatic carbocycles. The van der Waals surface area contributed by atoms with Crippen LogP contribution >= 0.6 is 0 Å². The maximum Gasteiger partial charge on any atom is 0.216 e. The maximum absolute atomic E-state index is 5.55. The molecule has 3 rings (SSSR count). The third kappa shape index (κ3) is 2.65. The van der Waals surface area contributed by atoms with E-state index in [4.69, 9.17) is 4.74 Å². The van der Waals surface area contributed by atoms with Crippen LogP contribution in [0.1, 0.15) is 30.1 Å². The van der Waals surface area contributed by atoms with E-state index in [0.29, 0.717) is 6.04 Å². The number of methoxy groups -OCH3 is 1. The molecule has 7 nitrogen and oxygen atoms in total. The highest BCUT2D eigenvalue weighted by Crippen LogP contribution is 2.38. The smallest absolute Gasteiger partial charge is 0.216 e. The van der Waals surface area contributed by atoms with E-state index in [-0.39, 0.29) is 0 Å². The molecule has 1 atom stereocenters. The normalized spacial score (nSPS) is 19.3. The van der Waals surface area contributed by atoms with Crippen LogP contribution in [0, 0.1) is 6.92 Å². The van der Waals surface area contributed by atoms with E-state index < -0.39 is 0 Å². The Labute approximate surface area is 124 Å². The van der Waals surface area contributed by atoms with Gasteiger partial charge in [0.25, 0.3) is 0 Å². The monoisotopic (exact) mass is 290 g/mol. The van der Waals surface area contributed by atoms with Crippen molar-refractivity contribution in [2.45, 2.75) is 32.4 Å². The number of hydrogen-bond donors (Lipinski definition) is 0. The molecule has 0 radical (unpaired) electrons. The van der Waals surface area contributed by atoms with Gasteiger partial charge in [-0.2, -0.15) is 10.2 Å². The van der Waals surface area contributed by atoms with Crippen LogP contribution in [0.15, 0.2) is 12.7 Å². The predicted octanol–water partition coefficient (Wildman–Crippen LogP) is 1.17. The highest BCUT2D eigenvalue weighted by atomic mass is 16.5. The zero-order valence-electron chi connectivity index (χ0n) is 12.9. The number of ether oxygens (including phenoxy) is 1. The Balaban J connectivity index is 1.77. The van der Waals surface area contributed by atoms with Crippen molar-refractivity contribution < 1.29 is 4.74 Å². The first kappa shape index (κ1) is 14.1. The molecule has 0 aliphatic carbocycles. The molecule has 2 aromatic heterocycles. The van der Waals surface area contributed by atoms with Crippen LogP contribution < -0.4 is 4.74 Å². The lowest BCUT2D eigenvalue weighted by atomic mass is 10.1. The highest BCUT2D eigenvalue weighted by molar-refractivity contribution is 5.34. The van der Waals surface area contributed by atoms with Gasteiger partial charge < -0.3 is 4.74 Å². The number of rotatable bonds is 5. The minimum atomic E-state index is 0.386. The first-order valence-corrected chi connectivity index (χ1v) is 7.34. The zero-order chi connectivity index (χ0) is 14.8. The van der Waals surface area contributed by atoms with E-state index >= 15 is 0 Å². The molecule has 3 heterocycles. The summed E-state index contributed by atoms with van der Waals surface area (Å²) in [7, 11) is 3.65. The second kappa shape index (κ2) is 5.85. The fraction of sp³-hybridized carbons (Fsp3) is 0.643. The summed E-state index contributed by atoms with van der Waals surface area (Å²) in [6, 6.07) is 0.386. The summed E-state index contributed by atoms with van der Waals surface area (Å²) >= 11 is 0. The molecule has 1 aliphatic heterocycles. The number of likely N-dealkylation sites (tertiary alicyclic amines) is 1. The summed E-state index contributed by atoms with van der Waals surface area (Å²) in [5, 5.41) is 8.68. The molecule has 1 aliphatic rings. The van der Waals surface area contributed by atoms with Crippen LogP contribution in [0.3, 0.4) is 0 Å². The zero-order valence-corrected chi connectivity index (χ0v) is 12.9. The second-order valence-corrected chi connectivity index (χ2v) is 5.48. The van der Waals surface area contributed by atoms with Gasteiger partial charge in [0, 0.05) is 19.6 Å². The standard InChI is InChI=1S/C14H22N6O/c1-11-13(14(21-3)18(2)17-11)12-5-4-6-19(12)7-8-20-10-15-9-16-20/h9-10,12H,4-8H2,1-3H3/t12-/m0/s1. The lowest BCUT2D eigenvalue weighted by molar-refractivity contribution is 0.236. The van der Waals surface area contributed by atoms with E-state index in [9.17, 15) is 0 Å². The predicted molar refractivity (Wildman–Crippen MR) is 78.1 cm³/mol. The van der Waals surface area contributed by atoms with Gasteiger partial charge in [0.1, 0.15) is 12.7 Å². The van der Waals surface area contributed by atoms with Crippen molar-refractivity contribution in [3.63, 3.8) is 0 Å². The van der Waals surface area contributed by atoms with Gasteiger partial charge in [-0.25, -0.2) is 9.67 Å². The summed E-state index contributed by atoms with van der Waals surface area (Å²) in [4.78, 5) is 6.48. The molecule has 0 saturated carbocycles. The molecule has 0 N–H and O–H groups in total. The Morgan fingerprint density at radius 3 is 2.95 bits per heavy atom. The third-order valence-corrected chi connectivity index (χ3v) is 4.19. The fourth-order valence-corrected chi connectivity index (χ4v) is 3.28. The Kier molecular flexibility index (Phi) is 3.92. The van der Waals surface area contributed by atoms with E-state index in [0.717, 1.165) is 37.6 Å². The molecule has 0 bridgehead atoms. The van der Waals surface area contributed by atoms with E-state index in [1.807, 2.05) is 16.4 Å². The average molecular weight is 290 g/mol. The van der Waals surface area contributed by atoms with Gasteiger partial charge >= 0.3 is 0 Å². The molecule has 2 aromatic rings. The Morgan fingerprint density at radius 2 is 2.24 bits per heavy atom. The van der Waals surface area contributed by atoms with Crippen molar-refractivity contribution in [3.8, 4) is 5.88 Å². The molecule has 0 spiro atoms. The molecule has 114 valence electrons. The molecule has 1 saturated heterocycles. The summed E-state index contributed by atoms with van der Waals surface area (Å²) in [6.45, 7) is 4.99. The highest BCUT2D eigenvalue weighted by Gasteiger charge is 2.31. The Morgan fingerprint density at radius 1 is 1.38 bits per heavy atom. The van der Waals surface area contributed by atoms with Crippen LogP contribution in [-0.2, 0) is 13.6 Å². The van der Waals surface area contributed by atoms with E-state index in [1.54, 1.807) is 19.8 Å². The van der Waals surface area contributed by atoms with Crippen molar-refractivity contribution in [2.75, 3.05) is 20.2 Å². The van der Waals surface area contributed by atoms with Gasteiger partial charge in [0.05, 0.1) is 24.9 Å². The Hall–Kier alpha value is -1.89. The SMILES string of the molecule is COc1c([C@@H]2CCCN2CCn2cncn2)c(C)nn1C. The minimum Gasteiger partial charge on any atom is -0.481 e. The second-order valence-electron chi connectivity index (χ2n) is 5.48. The first-order valence-electron chi connectivity index (χ1n) is 7.34. The summed E-state index contributed by atoms with van der Waals surface area (Å²) < 4.78 is 9.26. The van der Waals surface area contributed by atoms with Gasteiger partial charge in [-0.05, 0) is 26.3 Å². The molecular formula is C14H22N6O. The van der Waals surface area contributed by atoms with E-state index in [2.05, 4.69) is 27.0 Å². The molecule has 21 heavy (non-hydrogen) atoms. The topological polar surface area (TPSA) is 61.0 Å². The van der Waals surface area contributed by atoms with Crippen LogP contribution in [0.25, 0.3) is 0 Å². The maximum atomic E-state index is 5.55. The summed E-state index contributed by atoms with van der Waals surface area (Å²) in [5.41, 5.74) is 2.29. The van der Waals surface area contributed by atoms with Crippen LogP contribution in [0.2, 0.25) is 0 Å². The largest absolute Gasteiger partial charge is 0.481 e. The van der Waals surface area contributed by atoms with Crippen LogP contribution in [0.4, 0.5) is 0 Å². The number of hydrogen-bond acceptors (Lipinski definition) is 5. The number of aromatic nitrogens is 5. The van der Waals surface area contributed by atoms with Crippen molar-refractivity contribution in [1.29, 1.82) is 0 Å². The quantitative estimate of drug-likeness (QED) is 0.827. The molecular weight excluding hydrogens is 268 g/mol. The lowest BCUT2D eigenvalue weighted by Gasteiger charge is -2.24. The van der Waals surface area contributed by atoms with Gasteiger partial charge in [0.2, 0.25) is 5.88 Å². The van der Waals surface area contributed by atoms with Gasteiger partial charge in [-0.1, -0.05) is 0 Å².